The van der Waals surface area contributed by atoms with Gasteiger partial charge in [-0.25, -0.2) is 4.79 Å². The van der Waals surface area contributed by atoms with E-state index in [1.165, 1.54) is 6.26 Å². The van der Waals surface area contributed by atoms with Gasteiger partial charge in [0.25, 0.3) is 0 Å². The summed E-state index contributed by atoms with van der Waals surface area (Å²) in [5, 5.41) is 0.172. The molecule has 0 bridgehead atoms. The second-order valence-electron chi connectivity index (χ2n) is 9.75. The van der Waals surface area contributed by atoms with Crippen LogP contribution in [0.3, 0.4) is 0 Å². The second kappa shape index (κ2) is 9.93. The topological polar surface area (TPSA) is 38.8 Å². The van der Waals surface area contributed by atoms with Crippen LogP contribution < -0.4 is 0 Å². The van der Waals surface area contributed by atoms with Gasteiger partial charge in [-0.3, -0.25) is 0 Å². The average molecular weight is 386 g/mol. The first-order valence-electron chi connectivity index (χ1n) is 9.95. The third-order valence-electron chi connectivity index (χ3n) is 5.29. The van der Waals surface area contributed by atoms with Crippen molar-refractivity contribution >= 4 is 14.4 Å². The van der Waals surface area contributed by atoms with Crippen molar-refractivity contribution in [1.29, 1.82) is 0 Å². The smallest absolute Gasteiger partial charge is 0.415 e. The van der Waals surface area contributed by atoms with Crippen LogP contribution in [0.5, 0.6) is 0 Å². The average Bonchev–Trinajstić information content (AvgIpc) is 2.42. The third kappa shape index (κ3) is 7.43. The van der Waals surface area contributed by atoms with Crippen LogP contribution >= 0.6 is 0 Å². The van der Waals surface area contributed by atoms with Gasteiger partial charge in [-0.05, 0) is 57.8 Å². The Balaban J connectivity index is 5.05. The largest absolute Gasteiger partial charge is 0.418 e. The molecule has 154 valence electrons. The summed E-state index contributed by atoms with van der Waals surface area (Å²) < 4.78 is 12.0. The van der Waals surface area contributed by atoms with Crippen molar-refractivity contribution < 1.29 is 14.0 Å². The summed E-state index contributed by atoms with van der Waals surface area (Å²) in [6, 6.07) is 0.220. The molecule has 0 aromatic carbocycles. The minimum atomic E-state index is -1.85. The molecule has 0 radical (unpaired) electrons. The number of rotatable bonds is 8. The van der Waals surface area contributed by atoms with Gasteiger partial charge in [0.1, 0.15) is 0 Å². The van der Waals surface area contributed by atoms with Crippen molar-refractivity contribution in [2.75, 3.05) is 0 Å². The lowest BCUT2D eigenvalue weighted by atomic mass is 9.95. The molecule has 0 N–H and O–H groups in total. The van der Waals surface area contributed by atoms with Crippen molar-refractivity contribution in [2.45, 2.75) is 106 Å². The molecule has 0 saturated heterocycles. The van der Waals surface area contributed by atoms with Gasteiger partial charge in [0.15, 0.2) is 8.32 Å². The van der Waals surface area contributed by atoms with Crippen LogP contribution in [0.25, 0.3) is 0 Å². The first kappa shape index (κ1) is 25.2. The maximum Gasteiger partial charge on any atom is 0.415 e. The molecular formula is C21H43NO3Si. The molecule has 0 aromatic rings. The van der Waals surface area contributed by atoms with Gasteiger partial charge in [-0.1, -0.05) is 41.5 Å². The first-order chi connectivity index (χ1) is 11.6. The number of nitrogens with zero attached hydrogens (tertiary/aromatic N) is 1. The van der Waals surface area contributed by atoms with Crippen LogP contribution in [0.2, 0.25) is 18.1 Å². The Labute approximate surface area is 163 Å². The van der Waals surface area contributed by atoms with E-state index in [0.717, 1.165) is 0 Å². The predicted octanol–water partition coefficient (Wildman–Crippen LogP) is 6.44. The van der Waals surface area contributed by atoms with Crippen molar-refractivity contribution in [2.24, 2.45) is 11.8 Å². The van der Waals surface area contributed by atoms with E-state index in [1.54, 1.807) is 4.90 Å². The zero-order chi connectivity index (χ0) is 20.9. The minimum Gasteiger partial charge on any atom is -0.418 e. The molecule has 0 aliphatic heterocycles. The fourth-order valence-electron chi connectivity index (χ4n) is 2.78. The van der Waals surface area contributed by atoms with Crippen LogP contribution in [-0.2, 0) is 9.16 Å². The van der Waals surface area contributed by atoms with E-state index >= 15 is 0 Å². The van der Waals surface area contributed by atoms with Gasteiger partial charge < -0.3 is 14.1 Å². The lowest BCUT2D eigenvalue weighted by Gasteiger charge is -2.41. The van der Waals surface area contributed by atoms with Crippen LogP contribution in [-0.4, -0.2) is 37.5 Å². The summed E-state index contributed by atoms with van der Waals surface area (Å²) in [5.41, 5.74) is 0. The third-order valence-corrected chi connectivity index (χ3v) is 9.76. The Hall–Kier alpha value is -0.813. The molecular weight excluding hydrogens is 342 g/mol. The fourth-order valence-corrected chi connectivity index (χ4v) is 4.30. The number of amides is 1. The monoisotopic (exact) mass is 385 g/mol. The van der Waals surface area contributed by atoms with Crippen molar-refractivity contribution in [3.8, 4) is 0 Å². The zero-order valence-electron chi connectivity index (χ0n) is 19.2. The van der Waals surface area contributed by atoms with Crippen LogP contribution in [0.1, 0.15) is 69.2 Å². The summed E-state index contributed by atoms with van der Waals surface area (Å²) in [6.07, 6.45) is 3.30. The van der Waals surface area contributed by atoms with Crippen LogP contribution in [0, 0.1) is 11.8 Å². The SMILES string of the molecule is CC(C)[C@@H](O[Si](C)(C)C(C)(C)C)[C@@H](C)/C=C\OC(=O)N(C(C)C)C(C)C. The summed E-state index contributed by atoms with van der Waals surface area (Å²) in [6.45, 7) is 25.8. The molecule has 26 heavy (non-hydrogen) atoms. The Morgan fingerprint density at radius 2 is 1.42 bits per heavy atom. The molecule has 0 fully saturated rings. The van der Waals surface area contributed by atoms with E-state index in [2.05, 4.69) is 54.6 Å². The van der Waals surface area contributed by atoms with E-state index in [-0.39, 0.29) is 35.2 Å². The van der Waals surface area contributed by atoms with E-state index in [9.17, 15) is 4.79 Å². The van der Waals surface area contributed by atoms with Crippen molar-refractivity contribution in [1.82, 2.24) is 4.90 Å². The highest BCUT2D eigenvalue weighted by molar-refractivity contribution is 6.74. The quantitative estimate of drug-likeness (QED) is 0.356. The number of hydrogen-bond donors (Lipinski definition) is 0. The molecule has 0 spiro atoms. The fraction of sp³-hybridized carbons (Fsp3) is 0.857. The molecule has 0 saturated carbocycles. The number of hydrogen-bond acceptors (Lipinski definition) is 3. The molecule has 0 heterocycles. The molecule has 0 aliphatic rings. The molecule has 2 atom stereocenters. The van der Waals surface area contributed by atoms with Crippen molar-refractivity contribution in [3.63, 3.8) is 0 Å². The molecule has 4 nitrogen and oxygen atoms in total. The first-order valence-corrected chi connectivity index (χ1v) is 12.9. The van der Waals surface area contributed by atoms with Gasteiger partial charge >= 0.3 is 6.09 Å². The number of carbonyl (C=O) groups excluding carboxylic acids is 1. The minimum absolute atomic E-state index is 0.108. The highest BCUT2D eigenvalue weighted by atomic mass is 28.4. The Bertz CT molecular complexity index is 456. The second-order valence-corrected chi connectivity index (χ2v) is 14.5. The maximum atomic E-state index is 12.3. The van der Waals surface area contributed by atoms with Crippen LogP contribution in [0.15, 0.2) is 12.3 Å². The molecule has 5 heteroatoms. The van der Waals surface area contributed by atoms with Crippen molar-refractivity contribution in [3.05, 3.63) is 12.3 Å². The van der Waals surface area contributed by atoms with Gasteiger partial charge in [0, 0.05) is 18.0 Å². The molecule has 0 unspecified atom stereocenters. The molecule has 0 aromatic heterocycles. The van der Waals surface area contributed by atoms with Gasteiger partial charge in [0.05, 0.1) is 12.4 Å². The van der Waals surface area contributed by atoms with E-state index in [0.29, 0.717) is 5.92 Å². The Morgan fingerprint density at radius 3 is 1.77 bits per heavy atom. The lowest BCUT2D eigenvalue weighted by molar-refractivity contribution is 0.0955. The van der Waals surface area contributed by atoms with Gasteiger partial charge in [-0.2, -0.15) is 0 Å². The van der Waals surface area contributed by atoms with Crippen LogP contribution in [0.4, 0.5) is 4.79 Å². The Kier molecular flexibility index (Phi) is 9.62. The molecule has 0 rings (SSSR count). The van der Waals surface area contributed by atoms with E-state index in [1.807, 2.05) is 33.8 Å². The lowest BCUT2D eigenvalue weighted by Crippen LogP contribution is -2.46. The van der Waals surface area contributed by atoms with Gasteiger partial charge in [0.2, 0.25) is 0 Å². The number of carbonyl (C=O) groups is 1. The zero-order valence-corrected chi connectivity index (χ0v) is 20.2. The summed E-state index contributed by atoms with van der Waals surface area (Å²) in [5.74, 6) is 0.561. The maximum absolute atomic E-state index is 12.3. The summed E-state index contributed by atoms with van der Waals surface area (Å²) in [7, 11) is -1.85. The highest BCUT2D eigenvalue weighted by Crippen LogP contribution is 2.39. The summed E-state index contributed by atoms with van der Waals surface area (Å²) >= 11 is 0. The normalized spacial score (nSPS) is 15.8. The number of ether oxygens (including phenoxy) is 1. The Morgan fingerprint density at radius 1 is 0.962 bits per heavy atom. The van der Waals surface area contributed by atoms with E-state index < -0.39 is 8.32 Å². The standard InChI is InChI=1S/C21H43NO3Si/c1-15(2)19(25-26(11,12)21(8,9)10)18(7)13-14-24-20(23)22(16(3)4)17(5)6/h13-19H,1-12H3/b14-13-/t18-,19+/m0/s1. The summed E-state index contributed by atoms with van der Waals surface area (Å²) in [4.78, 5) is 14.0. The van der Waals surface area contributed by atoms with Gasteiger partial charge in [-0.15, -0.1) is 0 Å². The highest BCUT2D eigenvalue weighted by Gasteiger charge is 2.40. The molecule has 1 amide bonds. The predicted molar refractivity (Wildman–Crippen MR) is 114 cm³/mol. The van der Waals surface area contributed by atoms with E-state index in [4.69, 9.17) is 9.16 Å². The molecule has 0 aliphatic carbocycles.